The number of hydrogen-bond acceptors (Lipinski definition) is 3. The van der Waals surface area contributed by atoms with Crippen LogP contribution in [0.4, 0.5) is 4.39 Å². The Bertz CT molecular complexity index is 516. The first kappa shape index (κ1) is 16.1. The summed E-state index contributed by atoms with van der Waals surface area (Å²) in [5, 5.41) is 4.21. The SMILES string of the molecule is C/C=c1/cco/c1=C/C=C(\C)C(SC)C(CF)NC. The highest BCUT2D eigenvalue weighted by Crippen LogP contribution is 2.20. The molecule has 2 nitrogen and oxygen atoms in total. The fraction of sp³-hybridized carbons (Fsp3) is 0.467. The number of thioether (sulfide) groups is 1. The van der Waals surface area contributed by atoms with E-state index in [2.05, 4.69) is 5.32 Å². The maximum atomic E-state index is 13.0. The van der Waals surface area contributed by atoms with E-state index in [0.717, 1.165) is 16.2 Å². The van der Waals surface area contributed by atoms with Gasteiger partial charge < -0.3 is 9.73 Å². The molecule has 0 aromatic carbocycles. The summed E-state index contributed by atoms with van der Waals surface area (Å²) in [7, 11) is 1.79. The van der Waals surface area contributed by atoms with Crippen molar-refractivity contribution in [1.29, 1.82) is 0 Å². The van der Waals surface area contributed by atoms with Crippen LogP contribution in [0.3, 0.4) is 0 Å². The van der Waals surface area contributed by atoms with Crippen molar-refractivity contribution in [2.75, 3.05) is 20.0 Å². The lowest BCUT2D eigenvalue weighted by molar-refractivity contribution is 0.394. The number of allylic oxidation sites excluding steroid dienone is 1. The van der Waals surface area contributed by atoms with Gasteiger partial charge in [-0.15, -0.1) is 0 Å². The average Bonchev–Trinajstić information content (AvgIpc) is 2.89. The van der Waals surface area contributed by atoms with Crippen molar-refractivity contribution >= 4 is 23.9 Å². The standard InChI is InChI=1S/C15H22FNOS/c1-5-12-8-9-18-14(12)7-6-11(2)15(19-4)13(10-16)17-3/h5-9,13,15,17H,10H2,1-4H3/b11-6+,12-5-,14-7+. The maximum absolute atomic E-state index is 13.0. The van der Waals surface area contributed by atoms with Crippen LogP contribution in [-0.4, -0.2) is 31.3 Å². The lowest BCUT2D eigenvalue weighted by Crippen LogP contribution is -2.38. The number of alkyl halides is 1. The maximum Gasteiger partial charge on any atom is 0.133 e. The Balaban J connectivity index is 3.01. The van der Waals surface area contributed by atoms with Crippen molar-refractivity contribution < 1.29 is 8.81 Å². The van der Waals surface area contributed by atoms with Crippen LogP contribution in [0, 0.1) is 0 Å². The molecule has 19 heavy (non-hydrogen) atoms. The van der Waals surface area contributed by atoms with Gasteiger partial charge in [0.05, 0.1) is 12.3 Å². The van der Waals surface area contributed by atoms with E-state index in [-0.39, 0.29) is 18.0 Å². The van der Waals surface area contributed by atoms with Crippen molar-refractivity contribution in [2.24, 2.45) is 0 Å². The Kier molecular flexibility index (Phi) is 6.95. The van der Waals surface area contributed by atoms with E-state index in [1.54, 1.807) is 25.1 Å². The second-order valence-electron chi connectivity index (χ2n) is 4.31. The molecule has 1 aromatic heterocycles. The van der Waals surface area contributed by atoms with Crippen LogP contribution in [0.15, 0.2) is 28.4 Å². The third-order valence-corrected chi connectivity index (χ3v) is 4.35. The molecule has 1 aromatic rings. The summed E-state index contributed by atoms with van der Waals surface area (Å²) in [6, 6.07) is 1.77. The summed E-state index contributed by atoms with van der Waals surface area (Å²) in [6.45, 7) is 3.63. The zero-order valence-corrected chi connectivity index (χ0v) is 12.8. The molecule has 0 spiro atoms. The van der Waals surface area contributed by atoms with Crippen LogP contribution in [-0.2, 0) is 0 Å². The van der Waals surface area contributed by atoms with Crippen molar-refractivity contribution in [3.05, 3.63) is 34.6 Å². The molecular formula is C15H22FNOS. The number of halogens is 1. The van der Waals surface area contributed by atoms with E-state index in [1.807, 2.05) is 44.4 Å². The molecule has 4 heteroatoms. The van der Waals surface area contributed by atoms with Gasteiger partial charge in [-0.2, -0.15) is 11.8 Å². The van der Waals surface area contributed by atoms with Crippen molar-refractivity contribution in [3.8, 4) is 0 Å². The largest absolute Gasteiger partial charge is 0.464 e. The van der Waals surface area contributed by atoms with Crippen LogP contribution in [0.1, 0.15) is 13.8 Å². The molecule has 1 heterocycles. The average molecular weight is 283 g/mol. The molecule has 0 bridgehead atoms. The predicted molar refractivity (Wildman–Crippen MR) is 82.4 cm³/mol. The number of rotatable bonds is 6. The second-order valence-corrected chi connectivity index (χ2v) is 5.29. The molecule has 0 saturated carbocycles. The van der Waals surface area contributed by atoms with Crippen molar-refractivity contribution in [1.82, 2.24) is 5.32 Å². The third-order valence-electron chi connectivity index (χ3n) is 3.14. The minimum atomic E-state index is -0.373. The lowest BCUT2D eigenvalue weighted by atomic mass is 10.1. The molecule has 0 radical (unpaired) electrons. The summed E-state index contributed by atoms with van der Waals surface area (Å²) < 4.78 is 18.4. The molecule has 2 unspecified atom stereocenters. The van der Waals surface area contributed by atoms with E-state index < -0.39 is 0 Å². The Morgan fingerprint density at radius 1 is 1.58 bits per heavy atom. The van der Waals surface area contributed by atoms with E-state index in [9.17, 15) is 4.39 Å². The van der Waals surface area contributed by atoms with Gasteiger partial charge in [0.15, 0.2) is 0 Å². The van der Waals surface area contributed by atoms with Gasteiger partial charge in [0.25, 0.3) is 0 Å². The first-order valence-corrected chi connectivity index (χ1v) is 7.61. The van der Waals surface area contributed by atoms with E-state index in [4.69, 9.17) is 4.42 Å². The number of hydrogen-bond donors (Lipinski definition) is 1. The zero-order chi connectivity index (χ0) is 14.3. The third kappa shape index (κ3) is 4.25. The molecule has 0 saturated heterocycles. The van der Waals surface area contributed by atoms with Gasteiger partial charge >= 0.3 is 0 Å². The zero-order valence-electron chi connectivity index (χ0n) is 11.9. The fourth-order valence-corrected chi connectivity index (χ4v) is 2.97. The number of nitrogens with one attached hydrogen (secondary N) is 1. The molecule has 0 aliphatic carbocycles. The van der Waals surface area contributed by atoms with Crippen LogP contribution in [0.5, 0.6) is 0 Å². The lowest BCUT2D eigenvalue weighted by Gasteiger charge is -2.23. The Hall–Kier alpha value is -1.000. The number of furan rings is 1. The molecule has 0 aliphatic heterocycles. The topological polar surface area (TPSA) is 25.2 Å². The quantitative estimate of drug-likeness (QED) is 0.865. The molecule has 0 amide bonds. The Labute approximate surface area is 118 Å². The highest BCUT2D eigenvalue weighted by Gasteiger charge is 2.19. The van der Waals surface area contributed by atoms with Crippen LogP contribution in [0.2, 0.25) is 0 Å². The minimum Gasteiger partial charge on any atom is -0.464 e. The molecular weight excluding hydrogens is 261 g/mol. The van der Waals surface area contributed by atoms with E-state index >= 15 is 0 Å². The van der Waals surface area contributed by atoms with Crippen LogP contribution in [0.25, 0.3) is 12.2 Å². The Morgan fingerprint density at radius 2 is 2.32 bits per heavy atom. The van der Waals surface area contributed by atoms with Gasteiger partial charge in [0.1, 0.15) is 12.1 Å². The van der Waals surface area contributed by atoms with E-state index in [0.29, 0.717) is 0 Å². The van der Waals surface area contributed by atoms with Crippen LogP contribution < -0.4 is 16.0 Å². The smallest absolute Gasteiger partial charge is 0.133 e. The molecule has 106 valence electrons. The fourth-order valence-electron chi connectivity index (χ4n) is 1.98. The Morgan fingerprint density at radius 3 is 2.84 bits per heavy atom. The molecule has 1 rings (SSSR count). The first-order valence-electron chi connectivity index (χ1n) is 6.32. The summed E-state index contributed by atoms with van der Waals surface area (Å²) >= 11 is 1.65. The summed E-state index contributed by atoms with van der Waals surface area (Å²) in [6.07, 6.45) is 9.63. The molecule has 0 aliphatic rings. The highest BCUT2D eigenvalue weighted by atomic mass is 32.2. The van der Waals surface area contributed by atoms with Gasteiger partial charge in [-0.25, -0.2) is 4.39 Å². The van der Waals surface area contributed by atoms with Gasteiger partial charge in [-0.05, 0) is 39.3 Å². The first-order chi connectivity index (χ1) is 9.17. The second kappa shape index (κ2) is 8.23. The minimum absolute atomic E-state index is 0.121. The highest BCUT2D eigenvalue weighted by molar-refractivity contribution is 7.99. The summed E-state index contributed by atoms with van der Waals surface area (Å²) in [4.78, 5) is 0. The van der Waals surface area contributed by atoms with Gasteiger partial charge in [0, 0.05) is 10.5 Å². The van der Waals surface area contributed by atoms with Crippen molar-refractivity contribution in [3.63, 3.8) is 0 Å². The van der Waals surface area contributed by atoms with Gasteiger partial charge in [-0.3, -0.25) is 0 Å². The van der Waals surface area contributed by atoms with Crippen molar-refractivity contribution in [2.45, 2.75) is 25.1 Å². The molecule has 0 fully saturated rings. The summed E-state index contributed by atoms with van der Waals surface area (Å²) in [5.74, 6) is 0. The normalized spacial score (nSPS) is 17.8. The molecule has 1 N–H and O–H groups in total. The predicted octanol–water partition coefficient (Wildman–Crippen LogP) is 2.10. The van der Waals surface area contributed by atoms with Crippen LogP contribution >= 0.6 is 11.8 Å². The van der Waals surface area contributed by atoms with Gasteiger partial charge in [-0.1, -0.05) is 17.7 Å². The molecule has 2 atom stereocenters. The monoisotopic (exact) mass is 283 g/mol. The summed E-state index contributed by atoms with van der Waals surface area (Å²) in [5.41, 5.74) is 1.96. The van der Waals surface area contributed by atoms with Gasteiger partial charge in [0.2, 0.25) is 0 Å². The van der Waals surface area contributed by atoms with E-state index in [1.165, 1.54) is 0 Å².